The van der Waals surface area contributed by atoms with E-state index >= 15 is 0 Å². The van der Waals surface area contributed by atoms with Crippen LogP contribution in [-0.2, 0) is 26.5 Å². The smallest absolute Gasteiger partial charge is 0.279 e. The van der Waals surface area contributed by atoms with Crippen LogP contribution in [0.2, 0.25) is 0 Å². The topological polar surface area (TPSA) is 128 Å². The SMILES string of the molecule is CN(C)S(=O)(=O)NC1CCC(Nc2nccc(N3CCc4c(N5CCC(S(C)(=O)=O)CC5)cccc43)n2)CC1. The van der Waals surface area contributed by atoms with Crippen LogP contribution in [0.4, 0.5) is 23.1 Å². The molecule has 3 heterocycles. The Bertz CT molecular complexity index is 1380. The number of rotatable bonds is 8. The molecule has 13 heteroatoms. The number of nitrogens with zero attached hydrogens (tertiary/aromatic N) is 5. The van der Waals surface area contributed by atoms with E-state index in [1.54, 1.807) is 6.20 Å². The molecule has 0 amide bonds. The predicted molar refractivity (Wildman–Crippen MR) is 155 cm³/mol. The summed E-state index contributed by atoms with van der Waals surface area (Å²) in [5, 5.41) is 3.22. The molecule has 3 aliphatic rings. The van der Waals surface area contributed by atoms with Gasteiger partial charge in [0.1, 0.15) is 15.7 Å². The van der Waals surface area contributed by atoms with E-state index in [-0.39, 0.29) is 17.3 Å². The second kappa shape index (κ2) is 11.2. The first-order valence-electron chi connectivity index (χ1n) is 13.6. The maximum Gasteiger partial charge on any atom is 0.279 e. The highest BCUT2D eigenvalue weighted by atomic mass is 32.2. The number of aromatic nitrogens is 2. The maximum absolute atomic E-state index is 12.1. The molecule has 39 heavy (non-hydrogen) atoms. The molecule has 2 N–H and O–H groups in total. The fourth-order valence-corrected chi connectivity index (χ4v) is 7.83. The van der Waals surface area contributed by atoms with Crippen LogP contribution in [0.5, 0.6) is 0 Å². The Morgan fingerprint density at radius 3 is 2.23 bits per heavy atom. The molecule has 1 aliphatic carbocycles. The summed E-state index contributed by atoms with van der Waals surface area (Å²) < 4.78 is 52.2. The molecule has 0 unspecified atom stereocenters. The third-order valence-corrected chi connectivity index (χ3v) is 11.4. The van der Waals surface area contributed by atoms with Gasteiger partial charge in [0, 0.05) is 75.2 Å². The zero-order chi connectivity index (χ0) is 27.8. The predicted octanol–water partition coefficient (Wildman–Crippen LogP) is 2.30. The van der Waals surface area contributed by atoms with Crippen molar-refractivity contribution in [3.05, 3.63) is 36.0 Å². The fraction of sp³-hybridized carbons (Fsp3) is 0.615. The number of hydrogen-bond donors (Lipinski definition) is 2. The Kier molecular flexibility index (Phi) is 8.05. The number of fused-ring (bicyclic) bond motifs is 1. The monoisotopic (exact) mass is 577 g/mol. The number of nitrogens with one attached hydrogen (secondary N) is 2. The summed E-state index contributed by atoms with van der Waals surface area (Å²) in [4.78, 5) is 13.8. The summed E-state index contributed by atoms with van der Waals surface area (Å²) in [6.07, 6.45) is 8.53. The molecule has 0 atom stereocenters. The van der Waals surface area contributed by atoms with Crippen LogP contribution in [0.3, 0.4) is 0 Å². The molecule has 214 valence electrons. The van der Waals surface area contributed by atoms with E-state index in [1.807, 2.05) is 6.07 Å². The second-order valence-electron chi connectivity index (χ2n) is 11.0. The first-order valence-corrected chi connectivity index (χ1v) is 17.0. The Morgan fingerprint density at radius 1 is 0.897 bits per heavy atom. The Hall–Kier alpha value is -2.48. The van der Waals surface area contributed by atoms with Crippen molar-refractivity contribution >= 4 is 43.2 Å². The van der Waals surface area contributed by atoms with E-state index in [0.717, 1.165) is 63.2 Å². The lowest BCUT2D eigenvalue weighted by atomic mass is 9.92. The van der Waals surface area contributed by atoms with E-state index in [4.69, 9.17) is 4.98 Å². The van der Waals surface area contributed by atoms with Gasteiger partial charge in [0.15, 0.2) is 0 Å². The average Bonchev–Trinajstić information content (AvgIpc) is 3.34. The molecule has 1 saturated carbocycles. The molecule has 5 rings (SSSR count). The van der Waals surface area contributed by atoms with Crippen molar-refractivity contribution in [2.45, 2.75) is 62.3 Å². The van der Waals surface area contributed by atoms with Gasteiger partial charge in [-0.3, -0.25) is 0 Å². The Labute approximate surface area is 232 Å². The van der Waals surface area contributed by atoms with Crippen molar-refractivity contribution < 1.29 is 16.8 Å². The zero-order valence-electron chi connectivity index (χ0n) is 22.9. The van der Waals surface area contributed by atoms with Gasteiger partial charge in [-0.15, -0.1) is 0 Å². The second-order valence-corrected chi connectivity index (χ2v) is 15.3. The van der Waals surface area contributed by atoms with Gasteiger partial charge in [0.25, 0.3) is 10.2 Å². The minimum Gasteiger partial charge on any atom is -0.371 e. The van der Waals surface area contributed by atoms with E-state index in [2.05, 4.69) is 43.0 Å². The number of piperidine rings is 1. The Morgan fingerprint density at radius 2 is 1.56 bits per heavy atom. The van der Waals surface area contributed by atoms with Crippen molar-refractivity contribution in [1.82, 2.24) is 19.0 Å². The van der Waals surface area contributed by atoms with Crippen molar-refractivity contribution in [1.29, 1.82) is 0 Å². The highest BCUT2D eigenvalue weighted by Gasteiger charge is 2.31. The van der Waals surface area contributed by atoms with Crippen LogP contribution in [-0.4, -0.2) is 88.4 Å². The molecule has 2 aliphatic heterocycles. The van der Waals surface area contributed by atoms with Gasteiger partial charge in [0.05, 0.1) is 5.25 Å². The lowest BCUT2D eigenvalue weighted by molar-refractivity contribution is 0.378. The summed E-state index contributed by atoms with van der Waals surface area (Å²) in [5.41, 5.74) is 3.61. The third-order valence-electron chi connectivity index (χ3n) is 8.17. The van der Waals surface area contributed by atoms with Crippen molar-refractivity contribution in [2.75, 3.05) is 55.1 Å². The van der Waals surface area contributed by atoms with Crippen molar-refractivity contribution in [2.24, 2.45) is 0 Å². The Balaban J connectivity index is 1.23. The molecular weight excluding hydrogens is 538 g/mol. The van der Waals surface area contributed by atoms with Gasteiger partial charge in [-0.1, -0.05) is 6.07 Å². The van der Waals surface area contributed by atoms with E-state index < -0.39 is 20.0 Å². The lowest BCUT2D eigenvalue weighted by Crippen LogP contribution is -2.44. The van der Waals surface area contributed by atoms with Crippen molar-refractivity contribution in [3.63, 3.8) is 0 Å². The molecular formula is C26H39N7O4S2. The molecule has 1 saturated heterocycles. The summed E-state index contributed by atoms with van der Waals surface area (Å²) in [6.45, 7) is 2.31. The van der Waals surface area contributed by atoms with Gasteiger partial charge in [-0.2, -0.15) is 22.4 Å². The third kappa shape index (κ3) is 6.31. The number of benzene rings is 1. The van der Waals surface area contributed by atoms with Gasteiger partial charge in [-0.05, 0) is 63.1 Å². The van der Waals surface area contributed by atoms with Crippen molar-refractivity contribution in [3.8, 4) is 0 Å². The average molecular weight is 578 g/mol. The van der Waals surface area contributed by atoms with Gasteiger partial charge < -0.3 is 15.1 Å². The quantitative estimate of drug-likeness (QED) is 0.486. The normalized spacial score (nSPS) is 22.8. The number of sulfone groups is 1. The summed E-state index contributed by atoms with van der Waals surface area (Å²) in [6, 6.07) is 8.39. The van der Waals surface area contributed by atoms with Gasteiger partial charge in [0.2, 0.25) is 5.95 Å². The van der Waals surface area contributed by atoms with E-state index in [9.17, 15) is 16.8 Å². The molecule has 1 aromatic carbocycles. The summed E-state index contributed by atoms with van der Waals surface area (Å²) in [5.74, 6) is 1.42. The standard InChI is InChI=1S/C26H39N7O4S2/c1-31(2)39(36,37)30-20-9-7-19(8-10-20)28-26-27-15-11-25(29-26)33-18-14-22-23(5-4-6-24(22)33)32-16-12-21(13-17-32)38(3,34)35/h4-6,11,15,19-21,30H,7-10,12-14,16-18H2,1-3H3,(H,27,28,29). The summed E-state index contributed by atoms with van der Waals surface area (Å²) >= 11 is 0. The maximum atomic E-state index is 12.1. The fourth-order valence-electron chi connectivity index (χ4n) is 5.90. The largest absolute Gasteiger partial charge is 0.371 e. The minimum absolute atomic E-state index is 0.0600. The summed E-state index contributed by atoms with van der Waals surface area (Å²) in [7, 11) is -3.37. The van der Waals surface area contributed by atoms with Gasteiger partial charge in [-0.25, -0.2) is 13.4 Å². The first-order chi connectivity index (χ1) is 18.5. The zero-order valence-corrected chi connectivity index (χ0v) is 24.5. The minimum atomic E-state index is -3.43. The van der Waals surface area contributed by atoms with Gasteiger partial charge >= 0.3 is 0 Å². The van der Waals surface area contributed by atoms with E-state index in [1.165, 1.54) is 35.9 Å². The van der Waals surface area contributed by atoms with Crippen LogP contribution < -0.4 is 19.8 Å². The molecule has 11 nitrogen and oxygen atoms in total. The van der Waals surface area contributed by atoms with Crippen LogP contribution in [0.1, 0.15) is 44.1 Å². The molecule has 0 bridgehead atoms. The molecule has 0 radical (unpaired) electrons. The van der Waals surface area contributed by atoms with Crippen LogP contribution in [0.15, 0.2) is 30.5 Å². The van der Waals surface area contributed by atoms with Crippen LogP contribution >= 0.6 is 0 Å². The molecule has 0 spiro atoms. The first kappa shape index (κ1) is 28.1. The highest BCUT2D eigenvalue weighted by molar-refractivity contribution is 7.91. The number of anilines is 4. The molecule has 1 aromatic heterocycles. The molecule has 2 fully saturated rings. The van der Waals surface area contributed by atoms with E-state index in [0.29, 0.717) is 18.8 Å². The lowest BCUT2D eigenvalue weighted by Gasteiger charge is -2.34. The van der Waals surface area contributed by atoms with Crippen LogP contribution in [0.25, 0.3) is 0 Å². The number of hydrogen-bond acceptors (Lipinski definition) is 9. The highest BCUT2D eigenvalue weighted by Crippen LogP contribution is 2.40. The molecule has 2 aromatic rings. The van der Waals surface area contributed by atoms with Crippen LogP contribution in [0, 0.1) is 0 Å².